The Balaban J connectivity index is 2.27. The summed E-state index contributed by atoms with van der Waals surface area (Å²) < 4.78 is 5.21. The molecule has 0 bridgehead atoms. The number of hydrogen-bond donors (Lipinski definition) is 1. The van der Waals surface area contributed by atoms with E-state index in [-0.39, 0.29) is 11.7 Å². The van der Waals surface area contributed by atoms with E-state index in [0.717, 1.165) is 0 Å². The van der Waals surface area contributed by atoms with Gasteiger partial charge in [0.1, 0.15) is 6.10 Å². The summed E-state index contributed by atoms with van der Waals surface area (Å²) >= 11 is 0. The molecule has 0 spiro atoms. The quantitative estimate of drug-likeness (QED) is 0.672. The summed E-state index contributed by atoms with van der Waals surface area (Å²) in [5, 5.41) is 8.54. The summed E-state index contributed by atoms with van der Waals surface area (Å²) in [6.45, 7) is 3.44. The van der Waals surface area contributed by atoms with Gasteiger partial charge in [0.2, 0.25) is 0 Å². The van der Waals surface area contributed by atoms with Crippen LogP contribution in [0.1, 0.15) is 12.8 Å². The molecule has 13 heavy (non-hydrogen) atoms. The minimum atomic E-state index is -0.935. The second-order valence-corrected chi connectivity index (χ2v) is 2.84. The molecule has 0 aliphatic carbocycles. The van der Waals surface area contributed by atoms with Crippen LogP contribution in [0.5, 0.6) is 0 Å². The van der Waals surface area contributed by atoms with Gasteiger partial charge in [0.25, 0.3) is 0 Å². The molecule has 0 aromatic carbocycles. The van der Waals surface area contributed by atoms with E-state index < -0.39 is 5.97 Å². The smallest absolute Gasteiger partial charge is 0.330 e. The number of allylic oxidation sites excluding steroid dienone is 2. The third kappa shape index (κ3) is 3.15. The van der Waals surface area contributed by atoms with Gasteiger partial charge in [0.05, 0.1) is 6.26 Å². The fourth-order valence-electron chi connectivity index (χ4n) is 1.01. The molecule has 0 aromatic rings. The van der Waals surface area contributed by atoms with Crippen molar-refractivity contribution < 1.29 is 14.6 Å². The molecule has 1 atom stereocenters. The fourth-order valence-corrected chi connectivity index (χ4v) is 1.01. The van der Waals surface area contributed by atoms with Crippen LogP contribution >= 0.6 is 0 Å². The topological polar surface area (TPSA) is 46.5 Å². The number of aliphatic carboxylic acids is 1. The van der Waals surface area contributed by atoms with Crippen molar-refractivity contribution in [2.75, 3.05) is 0 Å². The molecule has 0 fully saturated rings. The van der Waals surface area contributed by atoms with Crippen LogP contribution in [-0.2, 0) is 9.53 Å². The van der Waals surface area contributed by atoms with E-state index in [1.165, 1.54) is 0 Å². The zero-order chi connectivity index (χ0) is 9.68. The first-order chi connectivity index (χ1) is 6.20. The van der Waals surface area contributed by atoms with Gasteiger partial charge in [-0.2, -0.15) is 0 Å². The van der Waals surface area contributed by atoms with E-state index in [1.54, 1.807) is 12.3 Å². The lowest BCUT2D eigenvalue weighted by atomic mass is 10.1. The van der Waals surface area contributed by atoms with Gasteiger partial charge in [0, 0.05) is 5.57 Å². The third-order valence-corrected chi connectivity index (χ3v) is 1.80. The van der Waals surface area contributed by atoms with E-state index >= 15 is 0 Å². The summed E-state index contributed by atoms with van der Waals surface area (Å²) in [6, 6.07) is 0. The van der Waals surface area contributed by atoms with Crippen LogP contribution < -0.4 is 0 Å². The zero-order valence-electron chi connectivity index (χ0n) is 7.27. The molecule has 0 aromatic heterocycles. The van der Waals surface area contributed by atoms with E-state index in [2.05, 4.69) is 6.58 Å². The molecule has 1 unspecified atom stereocenters. The number of carboxylic acids is 1. The second-order valence-electron chi connectivity index (χ2n) is 2.84. The van der Waals surface area contributed by atoms with E-state index in [0.29, 0.717) is 12.8 Å². The molecule has 70 valence electrons. The van der Waals surface area contributed by atoms with Gasteiger partial charge in [-0.25, -0.2) is 4.79 Å². The highest BCUT2D eigenvalue weighted by atomic mass is 16.5. The van der Waals surface area contributed by atoms with Crippen LogP contribution in [0.25, 0.3) is 0 Å². The molecule has 0 saturated heterocycles. The Bertz CT molecular complexity index is 263. The standard InChI is InChI=1S/C10H12O3/c1-8(10(11)12)5-6-9-4-2-3-7-13-9/h2-4,7,9H,1,5-6H2,(H,11,12). The van der Waals surface area contributed by atoms with Crippen molar-refractivity contribution in [3.05, 3.63) is 36.6 Å². The summed E-state index contributed by atoms with van der Waals surface area (Å²) in [5.41, 5.74) is 0.228. The van der Waals surface area contributed by atoms with Gasteiger partial charge in [-0.15, -0.1) is 0 Å². The number of carboxylic acid groups (broad SMARTS) is 1. The molecule has 0 saturated carbocycles. The molecule has 1 rings (SSSR count). The lowest BCUT2D eigenvalue weighted by Gasteiger charge is -2.14. The van der Waals surface area contributed by atoms with E-state index in [4.69, 9.17) is 9.84 Å². The molecular weight excluding hydrogens is 168 g/mol. The Morgan fingerprint density at radius 2 is 2.31 bits per heavy atom. The van der Waals surface area contributed by atoms with E-state index in [9.17, 15) is 4.79 Å². The second kappa shape index (κ2) is 4.50. The predicted octanol–water partition coefficient (Wildman–Crippen LogP) is 1.88. The molecule has 1 heterocycles. The fraction of sp³-hybridized carbons (Fsp3) is 0.300. The molecule has 1 N–H and O–H groups in total. The molecule has 3 heteroatoms. The normalized spacial score (nSPS) is 19.5. The zero-order valence-corrected chi connectivity index (χ0v) is 7.27. The minimum absolute atomic E-state index is 0.0129. The lowest BCUT2D eigenvalue weighted by Crippen LogP contribution is -2.10. The van der Waals surface area contributed by atoms with Crippen LogP contribution in [0, 0.1) is 0 Å². The predicted molar refractivity (Wildman–Crippen MR) is 49.2 cm³/mol. The average molecular weight is 180 g/mol. The van der Waals surface area contributed by atoms with Crippen LogP contribution in [0.4, 0.5) is 0 Å². The van der Waals surface area contributed by atoms with Crippen molar-refractivity contribution in [2.24, 2.45) is 0 Å². The monoisotopic (exact) mass is 180 g/mol. The Morgan fingerprint density at radius 1 is 1.54 bits per heavy atom. The lowest BCUT2D eigenvalue weighted by molar-refractivity contribution is -0.132. The molecular formula is C10H12O3. The molecule has 0 radical (unpaired) electrons. The Kier molecular flexibility index (Phi) is 3.31. The van der Waals surface area contributed by atoms with Crippen molar-refractivity contribution in [1.29, 1.82) is 0 Å². The van der Waals surface area contributed by atoms with Crippen molar-refractivity contribution in [1.82, 2.24) is 0 Å². The van der Waals surface area contributed by atoms with Gasteiger partial charge in [-0.1, -0.05) is 12.7 Å². The third-order valence-electron chi connectivity index (χ3n) is 1.80. The number of ether oxygens (including phenoxy) is 1. The number of carbonyl (C=O) groups is 1. The highest BCUT2D eigenvalue weighted by molar-refractivity contribution is 5.85. The van der Waals surface area contributed by atoms with Crippen molar-refractivity contribution >= 4 is 5.97 Å². The van der Waals surface area contributed by atoms with E-state index in [1.807, 2.05) is 12.2 Å². The number of hydrogen-bond acceptors (Lipinski definition) is 2. The largest absolute Gasteiger partial charge is 0.494 e. The maximum Gasteiger partial charge on any atom is 0.330 e. The van der Waals surface area contributed by atoms with Crippen LogP contribution in [0.2, 0.25) is 0 Å². The van der Waals surface area contributed by atoms with Gasteiger partial charge < -0.3 is 9.84 Å². The Labute approximate surface area is 77.0 Å². The van der Waals surface area contributed by atoms with Crippen LogP contribution in [0.3, 0.4) is 0 Å². The average Bonchev–Trinajstić information content (AvgIpc) is 2.15. The Morgan fingerprint density at radius 3 is 2.85 bits per heavy atom. The van der Waals surface area contributed by atoms with Gasteiger partial charge in [0.15, 0.2) is 0 Å². The molecule has 1 aliphatic rings. The van der Waals surface area contributed by atoms with Crippen molar-refractivity contribution in [3.63, 3.8) is 0 Å². The highest BCUT2D eigenvalue weighted by Gasteiger charge is 2.09. The first-order valence-corrected chi connectivity index (χ1v) is 4.10. The molecule has 1 aliphatic heterocycles. The van der Waals surface area contributed by atoms with Crippen molar-refractivity contribution in [2.45, 2.75) is 18.9 Å². The Hall–Kier alpha value is -1.51. The summed E-state index contributed by atoms with van der Waals surface area (Å²) in [5.74, 6) is -0.935. The maximum absolute atomic E-state index is 10.4. The SMILES string of the molecule is C=C(CCC1C=CC=CO1)C(=O)O. The highest BCUT2D eigenvalue weighted by Crippen LogP contribution is 2.12. The molecule has 3 nitrogen and oxygen atoms in total. The van der Waals surface area contributed by atoms with Gasteiger partial charge in [-0.3, -0.25) is 0 Å². The molecule has 0 amide bonds. The van der Waals surface area contributed by atoms with Crippen LogP contribution in [0.15, 0.2) is 36.6 Å². The summed E-state index contributed by atoms with van der Waals surface area (Å²) in [7, 11) is 0. The van der Waals surface area contributed by atoms with Crippen LogP contribution in [-0.4, -0.2) is 17.2 Å². The van der Waals surface area contributed by atoms with Gasteiger partial charge >= 0.3 is 5.97 Å². The maximum atomic E-state index is 10.4. The summed E-state index contributed by atoms with van der Waals surface area (Å²) in [6.07, 6.45) is 8.29. The summed E-state index contributed by atoms with van der Waals surface area (Å²) in [4.78, 5) is 10.4. The number of rotatable bonds is 4. The van der Waals surface area contributed by atoms with Gasteiger partial charge in [-0.05, 0) is 25.0 Å². The first kappa shape index (κ1) is 9.58. The minimum Gasteiger partial charge on any atom is -0.494 e. The van der Waals surface area contributed by atoms with Crippen molar-refractivity contribution in [3.8, 4) is 0 Å². The first-order valence-electron chi connectivity index (χ1n) is 4.10.